The number of carbonyl (C=O) groups is 1. The maximum Gasteiger partial charge on any atom is 0.224 e. The summed E-state index contributed by atoms with van der Waals surface area (Å²) in [5, 5.41) is 10.8. The van der Waals surface area contributed by atoms with Crippen molar-refractivity contribution in [1.82, 2.24) is 4.90 Å². The van der Waals surface area contributed by atoms with E-state index in [1.54, 1.807) is 33.2 Å². The third-order valence-corrected chi connectivity index (χ3v) is 7.47. The van der Waals surface area contributed by atoms with Gasteiger partial charge in [-0.3, -0.25) is 4.79 Å². The molecule has 1 amide bonds. The van der Waals surface area contributed by atoms with Crippen LogP contribution < -0.4 is 0 Å². The summed E-state index contributed by atoms with van der Waals surface area (Å²) in [4.78, 5) is 13.6. The number of methoxy groups -OCH3 is 2. The average Bonchev–Trinajstić information content (AvgIpc) is 2.64. The van der Waals surface area contributed by atoms with Crippen molar-refractivity contribution in [2.24, 2.45) is 29.6 Å². The van der Waals surface area contributed by atoms with Gasteiger partial charge in [-0.15, -0.1) is 0 Å². The molecule has 1 N–H and O–H groups in total. The molecule has 0 heterocycles. The van der Waals surface area contributed by atoms with Crippen LogP contribution in [-0.4, -0.2) is 62.5 Å². The molecular formula is C23H43NO4. The molecule has 0 aliphatic heterocycles. The molecule has 8 atom stereocenters. The van der Waals surface area contributed by atoms with Crippen LogP contribution in [0.25, 0.3) is 0 Å². The van der Waals surface area contributed by atoms with Crippen LogP contribution in [0.3, 0.4) is 0 Å². The lowest BCUT2D eigenvalue weighted by Gasteiger charge is -2.49. The number of fused-ring (bicyclic) bond motifs is 1. The zero-order chi connectivity index (χ0) is 20.8. The van der Waals surface area contributed by atoms with Gasteiger partial charge >= 0.3 is 0 Å². The fourth-order valence-electron chi connectivity index (χ4n) is 5.79. The Morgan fingerprint density at radius 1 is 1.11 bits per heavy atom. The average molecular weight is 398 g/mol. The molecular weight excluding hydrogens is 354 g/mol. The van der Waals surface area contributed by atoms with E-state index in [4.69, 9.17) is 9.47 Å². The van der Waals surface area contributed by atoms with Gasteiger partial charge in [0.15, 0.2) is 0 Å². The predicted octanol–water partition coefficient (Wildman–Crippen LogP) is 3.73. The number of aliphatic hydroxyl groups excluding tert-OH is 1. The number of carbonyl (C=O) groups excluding carboxylic acids is 1. The van der Waals surface area contributed by atoms with E-state index in [2.05, 4.69) is 13.8 Å². The summed E-state index contributed by atoms with van der Waals surface area (Å²) in [6.45, 7) is 4.65. The van der Waals surface area contributed by atoms with Crippen LogP contribution in [0.2, 0.25) is 0 Å². The summed E-state index contributed by atoms with van der Waals surface area (Å²) in [5.41, 5.74) is 0. The van der Waals surface area contributed by atoms with Crippen LogP contribution in [0, 0.1) is 29.6 Å². The molecule has 164 valence electrons. The van der Waals surface area contributed by atoms with Gasteiger partial charge in [-0.2, -0.15) is 0 Å². The van der Waals surface area contributed by atoms with E-state index >= 15 is 0 Å². The first-order valence-corrected chi connectivity index (χ1v) is 11.2. The van der Waals surface area contributed by atoms with Crippen LogP contribution in [0.5, 0.6) is 0 Å². The number of amides is 1. The highest BCUT2D eigenvalue weighted by atomic mass is 16.5. The van der Waals surface area contributed by atoms with Crippen LogP contribution in [0.1, 0.15) is 65.2 Å². The van der Waals surface area contributed by atoms with Crippen LogP contribution in [-0.2, 0) is 14.3 Å². The molecule has 2 aliphatic carbocycles. The molecule has 0 spiro atoms. The Kier molecular flexibility index (Phi) is 9.23. The zero-order valence-corrected chi connectivity index (χ0v) is 18.9. The van der Waals surface area contributed by atoms with Gasteiger partial charge in [0, 0.05) is 34.7 Å². The maximum atomic E-state index is 12.0. The summed E-state index contributed by atoms with van der Waals surface area (Å²) < 4.78 is 11.3. The Morgan fingerprint density at radius 3 is 2.39 bits per heavy atom. The van der Waals surface area contributed by atoms with Gasteiger partial charge in [0.05, 0.1) is 24.7 Å². The Balaban J connectivity index is 1.94. The Hall–Kier alpha value is -0.650. The lowest BCUT2D eigenvalue weighted by atomic mass is 9.58. The number of rotatable bonds is 9. The predicted molar refractivity (Wildman–Crippen MR) is 112 cm³/mol. The molecule has 0 bridgehead atoms. The van der Waals surface area contributed by atoms with Gasteiger partial charge in [0.2, 0.25) is 5.91 Å². The summed E-state index contributed by atoms with van der Waals surface area (Å²) in [7, 11) is 6.99. The second-order valence-corrected chi connectivity index (χ2v) is 9.72. The molecule has 0 aromatic heterocycles. The molecule has 0 saturated heterocycles. The molecule has 5 heteroatoms. The lowest BCUT2D eigenvalue weighted by Crippen LogP contribution is -2.45. The standard InChI is InChI=1S/C23H43NO4/c1-15-11-17-8-7-16(2)20(23(17)21(25)12-15)10-9-18(27-5)13-19(28-6)14-22(26)24(3)4/h15-21,23,25H,7-14H2,1-6H3. The van der Waals surface area contributed by atoms with Gasteiger partial charge < -0.3 is 19.5 Å². The van der Waals surface area contributed by atoms with Crippen molar-refractivity contribution in [2.45, 2.75) is 83.5 Å². The second-order valence-electron chi connectivity index (χ2n) is 9.72. The molecule has 0 aromatic carbocycles. The first-order chi connectivity index (χ1) is 13.3. The van der Waals surface area contributed by atoms with E-state index in [1.807, 2.05) is 0 Å². The van der Waals surface area contributed by atoms with Crippen molar-refractivity contribution in [3.63, 3.8) is 0 Å². The molecule has 0 radical (unpaired) electrons. The van der Waals surface area contributed by atoms with E-state index in [1.165, 1.54) is 19.3 Å². The zero-order valence-electron chi connectivity index (χ0n) is 18.9. The van der Waals surface area contributed by atoms with E-state index in [0.717, 1.165) is 25.7 Å². The molecule has 2 saturated carbocycles. The van der Waals surface area contributed by atoms with Crippen molar-refractivity contribution >= 4 is 5.91 Å². The fraction of sp³-hybridized carbons (Fsp3) is 0.957. The highest BCUT2D eigenvalue weighted by Crippen LogP contribution is 2.49. The van der Waals surface area contributed by atoms with E-state index in [-0.39, 0.29) is 24.2 Å². The van der Waals surface area contributed by atoms with Crippen LogP contribution >= 0.6 is 0 Å². The SMILES string of the molecule is COC(CCC1C(C)CCC2CC(C)CC(O)C21)CC(CC(=O)N(C)C)OC. The van der Waals surface area contributed by atoms with Gasteiger partial charge in [-0.05, 0) is 61.7 Å². The fourth-order valence-corrected chi connectivity index (χ4v) is 5.79. The Labute approximate surface area is 172 Å². The largest absolute Gasteiger partial charge is 0.393 e. The van der Waals surface area contributed by atoms with E-state index in [9.17, 15) is 9.90 Å². The van der Waals surface area contributed by atoms with Crippen LogP contribution in [0.15, 0.2) is 0 Å². The van der Waals surface area contributed by atoms with E-state index in [0.29, 0.717) is 36.0 Å². The lowest BCUT2D eigenvalue weighted by molar-refractivity contribution is -0.131. The summed E-state index contributed by atoms with van der Waals surface area (Å²) >= 11 is 0. The third-order valence-electron chi connectivity index (χ3n) is 7.47. The van der Waals surface area contributed by atoms with E-state index < -0.39 is 0 Å². The minimum atomic E-state index is -0.146. The van der Waals surface area contributed by atoms with Gasteiger partial charge in [-0.1, -0.05) is 20.3 Å². The molecule has 5 nitrogen and oxygen atoms in total. The second kappa shape index (κ2) is 10.9. The maximum absolute atomic E-state index is 12.0. The molecule has 8 unspecified atom stereocenters. The number of hydrogen-bond donors (Lipinski definition) is 1. The topological polar surface area (TPSA) is 59.0 Å². The van der Waals surface area contributed by atoms with Crippen molar-refractivity contribution in [1.29, 1.82) is 0 Å². The van der Waals surface area contributed by atoms with Crippen molar-refractivity contribution < 1.29 is 19.4 Å². The Bertz CT molecular complexity index is 483. The third kappa shape index (κ3) is 6.17. The van der Waals surface area contributed by atoms with Gasteiger partial charge in [-0.25, -0.2) is 0 Å². The highest BCUT2D eigenvalue weighted by molar-refractivity contribution is 5.76. The molecule has 2 fully saturated rings. The molecule has 28 heavy (non-hydrogen) atoms. The first-order valence-electron chi connectivity index (χ1n) is 11.2. The van der Waals surface area contributed by atoms with Gasteiger partial charge in [0.1, 0.15) is 0 Å². The quantitative estimate of drug-likeness (QED) is 0.644. The van der Waals surface area contributed by atoms with Crippen molar-refractivity contribution in [3.05, 3.63) is 0 Å². The summed E-state index contributed by atoms with van der Waals surface area (Å²) in [5.74, 6) is 3.11. The highest BCUT2D eigenvalue weighted by Gasteiger charge is 2.44. The number of hydrogen-bond acceptors (Lipinski definition) is 4. The number of nitrogens with zero attached hydrogens (tertiary/aromatic N) is 1. The summed E-state index contributed by atoms with van der Waals surface area (Å²) in [6, 6.07) is 0. The molecule has 2 rings (SSSR count). The first kappa shape index (κ1) is 23.6. The minimum Gasteiger partial charge on any atom is -0.393 e. The smallest absolute Gasteiger partial charge is 0.224 e. The summed E-state index contributed by atoms with van der Waals surface area (Å²) in [6.07, 6.45) is 7.80. The normalized spacial score (nSPS) is 35.1. The van der Waals surface area contributed by atoms with Crippen LogP contribution in [0.4, 0.5) is 0 Å². The molecule has 2 aliphatic rings. The number of aliphatic hydroxyl groups is 1. The van der Waals surface area contributed by atoms with Crippen molar-refractivity contribution in [2.75, 3.05) is 28.3 Å². The Morgan fingerprint density at radius 2 is 1.79 bits per heavy atom. The number of ether oxygens (including phenoxy) is 2. The van der Waals surface area contributed by atoms with Gasteiger partial charge in [0.25, 0.3) is 0 Å². The van der Waals surface area contributed by atoms with Crippen molar-refractivity contribution in [3.8, 4) is 0 Å². The monoisotopic (exact) mass is 397 g/mol. The minimum absolute atomic E-state index is 0.0879. The molecule has 0 aromatic rings.